The fraction of sp³-hybridized carbons (Fsp3) is 0.935. The molecule has 0 saturated carbocycles. The summed E-state index contributed by atoms with van der Waals surface area (Å²) in [5.41, 5.74) is 0. The summed E-state index contributed by atoms with van der Waals surface area (Å²) < 4.78 is 5.47. The molecule has 0 heterocycles. The number of allylic oxidation sites excluding steroid dienone is 1. The molecule has 0 bridgehead atoms. The topological polar surface area (TPSA) is 95.9 Å². The third-order valence-electron chi connectivity index (χ3n) is 14.6. The van der Waals surface area contributed by atoms with Crippen LogP contribution in [-0.4, -0.2) is 47.4 Å². The van der Waals surface area contributed by atoms with Gasteiger partial charge in [0.05, 0.1) is 25.4 Å². The van der Waals surface area contributed by atoms with Gasteiger partial charge < -0.3 is 20.3 Å². The largest absolute Gasteiger partial charge is 0.466 e. The van der Waals surface area contributed by atoms with Crippen LogP contribution >= 0.6 is 0 Å². The lowest BCUT2D eigenvalue weighted by atomic mass is 10.0. The van der Waals surface area contributed by atoms with Crippen molar-refractivity contribution >= 4 is 11.9 Å². The SMILES string of the molecule is CCCCCCCCCCCCCCCCCCCC/C=C/C(O)C(CO)NC(=O)CCCCCCCCCCCCCCCCCCCCCOC(=O)CCCCCCCCCCCCCC. The Bertz CT molecular complexity index is 1020. The number of ether oxygens (including phenoxy) is 1. The van der Waals surface area contributed by atoms with Gasteiger partial charge in [-0.05, 0) is 32.1 Å². The summed E-state index contributed by atoms with van der Waals surface area (Å²) in [6, 6.07) is -0.630. The number of esters is 1. The summed E-state index contributed by atoms with van der Waals surface area (Å²) in [6.07, 6.45) is 69.6. The molecule has 6 heteroatoms. The predicted molar refractivity (Wildman–Crippen MR) is 297 cm³/mol. The van der Waals surface area contributed by atoms with Crippen molar-refractivity contribution in [2.75, 3.05) is 13.2 Å². The monoisotopic (exact) mass is 960 g/mol. The van der Waals surface area contributed by atoms with Crippen LogP contribution in [0.15, 0.2) is 12.2 Å². The lowest BCUT2D eigenvalue weighted by molar-refractivity contribution is -0.143. The van der Waals surface area contributed by atoms with Gasteiger partial charge in [0.25, 0.3) is 0 Å². The standard InChI is InChI=1S/C62H121NO5/c1-3-5-7-9-11-13-15-17-18-19-20-22-25-28-31-34-38-42-46-50-54-60(65)59(58-64)63-61(66)55-51-47-43-39-35-32-29-26-23-21-24-27-30-33-37-41-45-49-53-57-68-62(67)56-52-48-44-40-36-16-14-12-10-8-6-4-2/h50,54,59-60,64-65H,3-49,51-53,55-58H2,1-2H3,(H,63,66)/b54-50+. The zero-order chi connectivity index (χ0) is 49.3. The zero-order valence-electron chi connectivity index (χ0n) is 46.1. The van der Waals surface area contributed by atoms with Crippen molar-refractivity contribution in [1.29, 1.82) is 0 Å². The van der Waals surface area contributed by atoms with Crippen LogP contribution in [0, 0.1) is 0 Å². The number of carbonyl (C=O) groups is 2. The number of unbranched alkanes of at least 4 members (excludes halogenated alkanes) is 47. The first kappa shape index (κ1) is 66.6. The third kappa shape index (κ3) is 53.9. The molecule has 0 saturated heterocycles. The zero-order valence-corrected chi connectivity index (χ0v) is 46.1. The Morgan fingerprint density at radius 3 is 1.00 bits per heavy atom. The first-order chi connectivity index (χ1) is 33.5. The van der Waals surface area contributed by atoms with E-state index in [0.29, 0.717) is 19.4 Å². The van der Waals surface area contributed by atoms with Crippen molar-refractivity contribution in [1.82, 2.24) is 5.32 Å². The Balaban J connectivity index is 3.43. The van der Waals surface area contributed by atoms with Gasteiger partial charge in [0.1, 0.15) is 0 Å². The summed E-state index contributed by atoms with van der Waals surface area (Å²) in [5, 5.41) is 23.2. The minimum Gasteiger partial charge on any atom is -0.466 e. The van der Waals surface area contributed by atoms with Crippen LogP contribution in [0.3, 0.4) is 0 Å². The van der Waals surface area contributed by atoms with Gasteiger partial charge in [0.15, 0.2) is 0 Å². The molecule has 0 radical (unpaired) electrons. The molecule has 0 aliphatic carbocycles. The molecule has 0 aliphatic rings. The summed E-state index contributed by atoms with van der Waals surface area (Å²) in [7, 11) is 0. The van der Waals surface area contributed by atoms with Crippen molar-refractivity contribution in [3.05, 3.63) is 12.2 Å². The Labute approximate surface area is 425 Å². The number of carbonyl (C=O) groups excluding carboxylic acids is 2. The smallest absolute Gasteiger partial charge is 0.305 e. The Kier molecular flexibility index (Phi) is 57.0. The lowest BCUT2D eigenvalue weighted by Gasteiger charge is -2.20. The molecule has 0 rings (SSSR count). The molecule has 6 nitrogen and oxygen atoms in total. The molecule has 0 aromatic carbocycles. The molecule has 0 aromatic rings. The first-order valence-corrected chi connectivity index (χ1v) is 31.0. The van der Waals surface area contributed by atoms with E-state index in [1.165, 1.54) is 283 Å². The quantitative estimate of drug-likeness (QED) is 0.0321. The molecule has 2 unspecified atom stereocenters. The van der Waals surface area contributed by atoms with Crippen LogP contribution < -0.4 is 5.32 Å². The van der Waals surface area contributed by atoms with Crippen LogP contribution in [0.5, 0.6) is 0 Å². The van der Waals surface area contributed by atoms with E-state index >= 15 is 0 Å². The molecule has 68 heavy (non-hydrogen) atoms. The van der Waals surface area contributed by atoms with Crippen LogP contribution in [-0.2, 0) is 14.3 Å². The van der Waals surface area contributed by atoms with E-state index in [0.717, 1.165) is 38.5 Å². The van der Waals surface area contributed by atoms with Gasteiger partial charge in [0, 0.05) is 12.8 Å². The van der Waals surface area contributed by atoms with Crippen LogP contribution in [0.25, 0.3) is 0 Å². The van der Waals surface area contributed by atoms with Crippen molar-refractivity contribution in [3.63, 3.8) is 0 Å². The van der Waals surface area contributed by atoms with E-state index in [-0.39, 0.29) is 18.5 Å². The molecule has 3 N–H and O–H groups in total. The van der Waals surface area contributed by atoms with Crippen LogP contribution in [0.2, 0.25) is 0 Å². The Morgan fingerprint density at radius 1 is 0.397 bits per heavy atom. The van der Waals surface area contributed by atoms with Gasteiger partial charge >= 0.3 is 5.97 Å². The summed E-state index contributed by atoms with van der Waals surface area (Å²) in [4.78, 5) is 24.5. The molecule has 404 valence electrons. The molecule has 0 aromatic heterocycles. The molecule has 0 fully saturated rings. The number of hydrogen-bond donors (Lipinski definition) is 3. The van der Waals surface area contributed by atoms with E-state index in [2.05, 4.69) is 19.2 Å². The molecular weight excluding hydrogens is 839 g/mol. The fourth-order valence-electron chi connectivity index (χ4n) is 9.81. The van der Waals surface area contributed by atoms with E-state index < -0.39 is 12.1 Å². The van der Waals surface area contributed by atoms with E-state index in [1.807, 2.05) is 6.08 Å². The Hall–Kier alpha value is -1.40. The van der Waals surface area contributed by atoms with Crippen LogP contribution in [0.1, 0.15) is 348 Å². The highest BCUT2D eigenvalue weighted by Gasteiger charge is 2.18. The average Bonchev–Trinajstić information content (AvgIpc) is 3.34. The maximum absolute atomic E-state index is 12.5. The molecule has 2 atom stereocenters. The van der Waals surface area contributed by atoms with E-state index in [1.54, 1.807) is 6.08 Å². The Morgan fingerprint density at radius 2 is 0.676 bits per heavy atom. The van der Waals surface area contributed by atoms with E-state index in [9.17, 15) is 19.8 Å². The van der Waals surface area contributed by atoms with Gasteiger partial charge in [-0.1, -0.05) is 315 Å². The van der Waals surface area contributed by atoms with Crippen molar-refractivity contribution in [2.45, 2.75) is 360 Å². The molecule has 0 aliphatic heterocycles. The predicted octanol–water partition coefficient (Wildman–Crippen LogP) is 19.2. The summed E-state index contributed by atoms with van der Waals surface area (Å²) in [6.45, 7) is 4.93. The van der Waals surface area contributed by atoms with Crippen molar-refractivity contribution in [3.8, 4) is 0 Å². The maximum atomic E-state index is 12.5. The first-order valence-electron chi connectivity index (χ1n) is 31.0. The highest BCUT2D eigenvalue weighted by Crippen LogP contribution is 2.18. The average molecular weight is 961 g/mol. The van der Waals surface area contributed by atoms with E-state index in [4.69, 9.17) is 4.74 Å². The number of aliphatic hydroxyl groups excluding tert-OH is 2. The third-order valence-corrected chi connectivity index (χ3v) is 14.6. The van der Waals surface area contributed by atoms with Gasteiger partial charge in [-0.3, -0.25) is 9.59 Å². The maximum Gasteiger partial charge on any atom is 0.305 e. The van der Waals surface area contributed by atoms with Gasteiger partial charge in [0.2, 0.25) is 5.91 Å². The summed E-state index contributed by atoms with van der Waals surface area (Å²) >= 11 is 0. The van der Waals surface area contributed by atoms with Gasteiger partial charge in [-0.25, -0.2) is 0 Å². The summed E-state index contributed by atoms with van der Waals surface area (Å²) in [5.74, 6) is -0.0574. The van der Waals surface area contributed by atoms with Crippen LogP contribution in [0.4, 0.5) is 0 Å². The second kappa shape index (κ2) is 58.2. The number of hydrogen-bond acceptors (Lipinski definition) is 5. The minimum absolute atomic E-state index is 0.00976. The molecule has 1 amide bonds. The number of nitrogens with one attached hydrogen (secondary N) is 1. The number of rotatable bonds is 58. The highest BCUT2D eigenvalue weighted by molar-refractivity contribution is 5.76. The fourth-order valence-corrected chi connectivity index (χ4v) is 9.81. The number of aliphatic hydroxyl groups is 2. The second-order valence-electron chi connectivity index (χ2n) is 21.4. The van der Waals surface area contributed by atoms with Gasteiger partial charge in [-0.2, -0.15) is 0 Å². The van der Waals surface area contributed by atoms with Crippen molar-refractivity contribution < 1.29 is 24.5 Å². The number of amides is 1. The highest BCUT2D eigenvalue weighted by atomic mass is 16.5. The lowest BCUT2D eigenvalue weighted by Crippen LogP contribution is -2.45. The van der Waals surface area contributed by atoms with Gasteiger partial charge in [-0.15, -0.1) is 0 Å². The minimum atomic E-state index is -0.846. The second-order valence-corrected chi connectivity index (χ2v) is 21.4. The molecular formula is C62H121NO5. The molecule has 0 spiro atoms. The normalized spacial score (nSPS) is 12.6. The van der Waals surface area contributed by atoms with Crippen molar-refractivity contribution in [2.24, 2.45) is 0 Å².